The maximum absolute atomic E-state index is 11.3. The molecule has 0 radical (unpaired) electrons. The third-order valence-electron chi connectivity index (χ3n) is 5.50. The van der Waals surface area contributed by atoms with E-state index < -0.39 is 9.84 Å². The Morgan fingerprint density at radius 3 is 2.78 bits per heavy atom. The molecule has 1 aromatic carbocycles. The summed E-state index contributed by atoms with van der Waals surface area (Å²) < 4.78 is 22.5. The minimum Gasteiger partial charge on any atom is -0.300 e. The molecule has 23 heavy (non-hydrogen) atoms. The van der Waals surface area contributed by atoms with Gasteiger partial charge in [0.15, 0.2) is 0 Å². The summed E-state index contributed by atoms with van der Waals surface area (Å²) in [5, 5.41) is 0. The lowest BCUT2D eigenvalue weighted by atomic mass is 9.78. The van der Waals surface area contributed by atoms with E-state index in [0.29, 0.717) is 17.7 Å². The van der Waals surface area contributed by atoms with Gasteiger partial charge in [-0.3, -0.25) is 4.90 Å². The quantitative estimate of drug-likeness (QED) is 0.748. The smallest absolute Gasteiger partial charge is 0.147 e. The van der Waals surface area contributed by atoms with Gasteiger partial charge in [-0.1, -0.05) is 24.3 Å². The van der Waals surface area contributed by atoms with Gasteiger partial charge in [0.05, 0.1) is 0 Å². The number of sulfone groups is 1. The van der Waals surface area contributed by atoms with Gasteiger partial charge >= 0.3 is 0 Å². The summed E-state index contributed by atoms with van der Waals surface area (Å²) in [5.74, 6) is 1.01. The zero-order valence-electron chi connectivity index (χ0n) is 14.2. The second-order valence-electron chi connectivity index (χ2n) is 7.28. The van der Waals surface area contributed by atoms with Crippen LogP contribution in [0.4, 0.5) is 0 Å². The standard InChI is InChI=1S/C19H29NO2S/c1-23(21,22)15-5-4-13-20-14-7-12-19(20)18-11-6-9-16-8-2-3-10-17(16)18/h2-3,8,10,18-19H,4-7,9,11-15H2,1H3/t18-,19-/m1/s1. The van der Waals surface area contributed by atoms with Crippen molar-refractivity contribution in [2.45, 2.75) is 56.9 Å². The number of unbranched alkanes of at least 4 members (excludes halogenated alkanes) is 1. The van der Waals surface area contributed by atoms with Crippen molar-refractivity contribution in [3.05, 3.63) is 35.4 Å². The minimum atomic E-state index is -2.81. The summed E-state index contributed by atoms with van der Waals surface area (Å²) in [4.78, 5) is 2.63. The molecule has 0 aromatic heterocycles. The van der Waals surface area contributed by atoms with E-state index in [9.17, 15) is 8.42 Å². The molecule has 0 spiro atoms. The number of hydrogen-bond donors (Lipinski definition) is 0. The van der Waals surface area contributed by atoms with E-state index in [-0.39, 0.29) is 0 Å². The van der Waals surface area contributed by atoms with Gasteiger partial charge in [0, 0.05) is 18.1 Å². The SMILES string of the molecule is CS(=O)(=O)CCCCN1CCC[C@@H]1[C@@H]1CCCc2ccccc21. The molecule has 2 atom stereocenters. The molecule has 0 unspecified atom stereocenters. The van der Waals surface area contributed by atoms with Crippen LogP contribution in [0, 0.1) is 0 Å². The first-order valence-corrected chi connectivity index (χ1v) is 11.1. The van der Waals surface area contributed by atoms with Crippen LogP contribution in [-0.4, -0.2) is 44.5 Å². The van der Waals surface area contributed by atoms with E-state index >= 15 is 0 Å². The number of rotatable bonds is 6. The number of benzene rings is 1. The summed E-state index contributed by atoms with van der Waals surface area (Å²) in [7, 11) is -2.81. The highest BCUT2D eigenvalue weighted by Crippen LogP contribution is 2.39. The van der Waals surface area contributed by atoms with Crippen LogP contribution in [0.1, 0.15) is 55.6 Å². The Morgan fingerprint density at radius 2 is 1.96 bits per heavy atom. The van der Waals surface area contributed by atoms with Crippen molar-refractivity contribution < 1.29 is 8.42 Å². The average molecular weight is 336 g/mol. The van der Waals surface area contributed by atoms with Gasteiger partial charge < -0.3 is 0 Å². The van der Waals surface area contributed by atoms with Crippen molar-refractivity contribution in [1.29, 1.82) is 0 Å². The second-order valence-corrected chi connectivity index (χ2v) is 9.54. The number of fused-ring (bicyclic) bond motifs is 1. The highest BCUT2D eigenvalue weighted by atomic mass is 32.2. The van der Waals surface area contributed by atoms with Crippen molar-refractivity contribution >= 4 is 9.84 Å². The first-order valence-electron chi connectivity index (χ1n) is 9.04. The molecule has 2 aliphatic rings. The average Bonchev–Trinajstić information content (AvgIpc) is 2.98. The van der Waals surface area contributed by atoms with Crippen molar-refractivity contribution in [2.24, 2.45) is 0 Å². The zero-order valence-corrected chi connectivity index (χ0v) is 15.0. The van der Waals surface area contributed by atoms with Crippen LogP contribution < -0.4 is 0 Å². The Labute approximate surface area is 141 Å². The third-order valence-corrected chi connectivity index (χ3v) is 6.54. The monoisotopic (exact) mass is 335 g/mol. The zero-order chi connectivity index (χ0) is 16.3. The Hall–Kier alpha value is -0.870. The Kier molecular flexibility index (Phi) is 5.42. The van der Waals surface area contributed by atoms with Crippen LogP contribution in [0.5, 0.6) is 0 Å². The number of aryl methyl sites for hydroxylation is 1. The molecule has 0 amide bonds. The Bertz CT molecular complexity index is 626. The maximum Gasteiger partial charge on any atom is 0.147 e. The predicted molar refractivity (Wildman–Crippen MR) is 95.7 cm³/mol. The molecule has 0 saturated carbocycles. The summed E-state index contributed by atoms with van der Waals surface area (Å²) in [6, 6.07) is 9.64. The van der Waals surface area contributed by atoms with Crippen LogP contribution >= 0.6 is 0 Å². The maximum atomic E-state index is 11.3. The first kappa shape index (κ1) is 17.0. The molecule has 128 valence electrons. The van der Waals surface area contributed by atoms with Gasteiger partial charge in [0.2, 0.25) is 0 Å². The highest BCUT2D eigenvalue weighted by molar-refractivity contribution is 7.90. The lowest BCUT2D eigenvalue weighted by molar-refractivity contribution is 0.210. The van der Waals surface area contributed by atoms with E-state index in [1.54, 1.807) is 11.1 Å². The largest absolute Gasteiger partial charge is 0.300 e. The number of likely N-dealkylation sites (tertiary alicyclic amines) is 1. The van der Waals surface area contributed by atoms with Crippen molar-refractivity contribution in [3.63, 3.8) is 0 Å². The van der Waals surface area contributed by atoms with E-state index in [1.165, 1.54) is 44.9 Å². The number of nitrogens with zero attached hydrogens (tertiary/aromatic N) is 1. The topological polar surface area (TPSA) is 37.4 Å². The molecule has 3 rings (SSSR count). The van der Waals surface area contributed by atoms with Gasteiger partial charge in [0.1, 0.15) is 9.84 Å². The molecule has 0 N–H and O–H groups in total. The third kappa shape index (κ3) is 4.36. The molecule has 0 bridgehead atoms. The fourth-order valence-corrected chi connectivity index (χ4v) is 5.18. The molecule has 1 heterocycles. The van der Waals surface area contributed by atoms with Gasteiger partial charge in [-0.05, 0) is 75.1 Å². The summed E-state index contributed by atoms with van der Waals surface area (Å²) in [5.41, 5.74) is 3.12. The molecule has 1 saturated heterocycles. The predicted octanol–water partition coefficient (Wildman–Crippen LogP) is 3.40. The van der Waals surface area contributed by atoms with E-state index in [4.69, 9.17) is 0 Å². The van der Waals surface area contributed by atoms with Gasteiger partial charge in [-0.25, -0.2) is 8.42 Å². The van der Waals surface area contributed by atoms with Crippen molar-refractivity contribution in [1.82, 2.24) is 4.90 Å². The summed E-state index contributed by atoms with van der Waals surface area (Å²) >= 11 is 0. The normalized spacial score (nSPS) is 25.4. The fourth-order valence-electron chi connectivity index (χ4n) is 4.46. The van der Waals surface area contributed by atoms with Crippen molar-refractivity contribution in [2.75, 3.05) is 25.1 Å². The fraction of sp³-hybridized carbons (Fsp3) is 0.684. The molecule has 1 aliphatic carbocycles. The first-order chi connectivity index (χ1) is 11.0. The number of hydrogen-bond acceptors (Lipinski definition) is 3. The van der Waals surface area contributed by atoms with Crippen LogP contribution in [0.15, 0.2) is 24.3 Å². The van der Waals surface area contributed by atoms with E-state index in [2.05, 4.69) is 29.2 Å². The van der Waals surface area contributed by atoms with E-state index in [1.807, 2.05) is 0 Å². The molecule has 1 aromatic rings. The second kappa shape index (κ2) is 7.35. The summed E-state index contributed by atoms with van der Waals surface area (Å²) in [6.07, 6.45) is 9.56. The molecule has 3 nitrogen and oxygen atoms in total. The molecule has 4 heteroatoms. The Balaban J connectivity index is 1.61. The van der Waals surface area contributed by atoms with Crippen molar-refractivity contribution in [3.8, 4) is 0 Å². The molecular formula is C19H29NO2S. The van der Waals surface area contributed by atoms with Gasteiger partial charge in [-0.15, -0.1) is 0 Å². The van der Waals surface area contributed by atoms with Gasteiger partial charge in [-0.2, -0.15) is 0 Å². The minimum absolute atomic E-state index is 0.331. The lowest BCUT2D eigenvalue weighted by Crippen LogP contribution is -2.36. The van der Waals surface area contributed by atoms with Crippen LogP contribution in [0.2, 0.25) is 0 Å². The van der Waals surface area contributed by atoms with Crippen LogP contribution in [0.25, 0.3) is 0 Å². The molecule has 1 fully saturated rings. The molecular weight excluding hydrogens is 306 g/mol. The lowest BCUT2D eigenvalue weighted by Gasteiger charge is -2.35. The van der Waals surface area contributed by atoms with Crippen LogP contribution in [-0.2, 0) is 16.3 Å². The molecule has 1 aliphatic heterocycles. The van der Waals surface area contributed by atoms with Crippen LogP contribution in [0.3, 0.4) is 0 Å². The summed E-state index contributed by atoms with van der Waals surface area (Å²) in [6.45, 7) is 2.24. The Morgan fingerprint density at radius 1 is 1.13 bits per heavy atom. The highest BCUT2D eigenvalue weighted by Gasteiger charge is 2.34. The van der Waals surface area contributed by atoms with Gasteiger partial charge in [0.25, 0.3) is 0 Å². The van der Waals surface area contributed by atoms with E-state index in [0.717, 1.165) is 19.4 Å².